The summed E-state index contributed by atoms with van der Waals surface area (Å²) in [4.78, 5) is 22.7. The highest BCUT2D eigenvalue weighted by molar-refractivity contribution is 6.02. The van der Waals surface area contributed by atoms with Gasteiger partial charge in [-0.2, -0.15) is 5.10 Å². The molecule has 29 heavy (non-hydrogen) atoms. The van der Waals surface area contributed by atoms with E-state index < -0.39 is 6.09 Å². The lowest BCUT2D eigenvalue weighted by Crippen LogP contribution is -2.19. The molecule has 1 heterocycles. The summed E-state index contributed by atoms with van der Waals surface area (Å²) in [5.74, 6) is -0.646. The van der Waals surface area contributed by atoms with Crippen molar-refractivity contribution >= 4 is 23.8 Å². The Hall–Kier alpha value is -3.94. The maximum absolute atomic E-state index is 13.2. The SMILES string of the molecule is Cn1ncc(/C=C/C(=O)Nc2ccc(CNC(=O)O)cc2)c1-c1ccc(F)cc1. The predicted octanol–water partition coefficient (Wildman–Crippen LogP) is 3.65. The van der Waals surface area contributed by atoms with Crippen LogP contribution < -0.4 is 10.6 Å². The molecule has 0 aliphatic carbocycles. The molecule has 0 spiro atoms. The summed E-state index contributed by atoms with van der Waals surface area (Å²) in [5, 5.41) is 17.8. The van der Waals surface area contributed by atoms with Crippen molar-refractivity contribution in [3.8, 4) is 11.3 Å². The Balaban J connectivity index is 1.67. The van der Waals surface area contributed by atoms with E-state index in [2.05, 4.69) is 15.7 Å². The first kappa shape index (κ1) is 19.8. The first-order valence-corrected chi connectivity index (χ1v) is 8.75. The van der Waals surface area contributed by atoms with Crippen molar-refractivity contribution in [3.63, 3.8) is 0 Å². The van der Waals surface area contributed by atoms with Crippen LogP contribution in [-0.2, 0) is 18.4 Å². The van der Waals surface area contributed by atoms with Crippen LogP contribution in [0.15, 0.2) is 60.8 Å². The minimum atomic E-state index is -1.09. The fraction of sp³-hybridized carbons (Fsp3) is 0.0952. The highest BCUT2D eigenvalue weighted by atomic mass is 19.1. The summed E-state index contributed by atoms with van der Waals surface area (Å²) in [6, 6.07) is 12.9. The van der Waals surface area contributed by atoms with E-state index in [4.69, 9.17) is 5.11 Å². The van der Waals surface area contributed by atoms with Crippen molar-refractivity contribution in [2.45, 2.75) is 6.54 Å². The van der Waals surface area contributed by atoms with Gasteiger partial charge in [0, 0.05) is 36.5 Å². The van der Waals surface area contributed by atoms with Crippen LogP contribution in [-0.4, -0.2) is 26.9 Å². The van der Waals surface area contributed by atoms with Gasteiger partial charge in [0.25, 0.3) is 0 Å². The molecule has 1 aromatic heterocycles. The van der Waals surface area contributed by atoms with E-state index in [0.717, 1.165) is 22.4 Å². The van der Waals surface area contributed by atoms with Crippen LogP contribution >= 0.6 is 0 Å². The molecule has 0 fully saturated rings. The Morgan fingerprint density at radius 1 is 1.14 bits per heavy atom. The summed E-state index contributed by atoms with van der Waals surface area (Å²) in [6.45, 7) is 0.191. The fourth-order valence-corrected chi connectivity index (χ4v) is 2.77. The van der Waals surface area contributed by atoms with Crippen LogP contribution in [0.5, 0.6) is 0 Å². The molecule has 0 saturated carbocycles. The van der Waals surface area contributed by atoms with Crippen molar-refractivity contribution in [2.75, 3.05) is 5.32 Å². The number of benzene rings is 2. The van der Waals surface area contributed by atoms with Crippen LogP contribution in [0.25, 0.3) is 17.3 Å². The molecule has 0 saturated heterocycles. The van der Waals surface area contributed by atoms with Gasteiger partial charge in [-0.15, -0.1) is 0 Å². The van der Waals surface area contributed by atoms with Gasteiger partial charge < -0.3 is 15.7 Å². The third-order valence-electron chi connectivity index (χ3n) is 4.16. The maximum Gasteiger partial charge on any atom is 0.404 e. The zero-order valence-electron chi connectivity index (χ0n) is 15.6. The third kappa shape index (κ3) is 5.29. The van der Waals surface area contributed by atoms with Gasteiger partial charge in [-0.3, -0.25) is 9.48 Å². The average Bonchev–Trinajstić information content (AvgIpc) is 3.07. The largest absolute Gasteiger partial charge is 0.465 e. The van der Waals surface area contributed by atoms with E-state index in [1.54, 1.807) is 60.4 Å². The minimum Gasteiger partial charge on any atom is -0.465 e. The number of hydrogen-bond acceptors (Lipinski definition) is 3. The topological polar surface area (TPSA) is 96.3 Å². The summed E-state index contributed by atoms with van der Waals surface area (Å²) >= 11 is 0. The predicted molar refractivity (Wildman–Crippen MR) is 108 cm³/mol. The molecule has 0 radical (unpaired) electrons. The van der Waals surface area contributed by atoms with Crippen LogP contribution in [0, 0.1) is 5.82 Å². The quantitative estimate of drug-likeness (QED) is 0.556. The Labute approximate surface area is 166 Å². The van der Waals surface area contributed by atoms with Gasteiger partial charge in [0.2, 0.25) is 5.91 Å². The normalized spacial score (nSPS) is 10.8. The monoisotopic (exact) mass is 394 g/mol. The van der Waals surface area contributed by atoms with E-state index in [1.165, 1.54) is 18.2 Å². The number of carboxylic acid groups (broad SMARTS) is 1. The van der Waals surface area contributed by atoms with E-state index in [0.29, 0.717) is 5.69 Å². The van der Waals surface area contributed by atoms with E-state index in [9.17, 15) is 14.0 Å². The number of hydrogen-bond donors (Lipinski definition) is 3. The Kier molecular flexibility index (Phi) is 6.03. The van der Waals surface area contributed by atoms with Crippen molar-refractivity contribution in [1.82, 2.24) is 15.1 Å². The number of halogens is 1. The van der Waals surface area contributed by atoms with E-state index in [-0.39, 0.29) is 18.3 Å². The second-order valence-corrected chi connectivity index (χ2v) is 6.26. The molecule has 7 nitrogen and oxygen atoms in total. The van der Waals surface area contributed by atoms with Gasteiger partial charge in [0.15, 0.2) is 0 Å². The molecule has 0 bridgehead atoms. The third-order valence-corrected chi connectivity index (χ3v) is 4.16. The van der Waals surface area contributed by atoms with Gasteiger partial charge in [0.05, 0.1) is 11.9 Å². The van der Waals surface area contributed by atoms with Crippen LogP contribution in [0.4, 0.5) is 14.9 Å². The molecule has 148 valence electrons. The molecule has 3 rings (SSSR count). The van der Waals surface area contributed by atoms with E-state index >= 15 is 0 Å². The smallest absolute Gasteiger partial charge is 0.404 e. The number of anilines is 1. The highest BCUT2D eigenvalue weighted by Gasteiger charge is 2.09. The molecule has 3 N–H and O–H groups in total. The molecule has 0 aliphatic rings. The number of aryl methyl sites for hydroxylation is 1. The van der Waals surface area contributed by atoms with Crippen LogP contribution in [0.3, 0.4) is 0 Å². The van der Waals surface area contributed by atoms with E-state index in [1.807, 2.05) is 0 Å². The fourth-order valence-electron chi connectivity index (χ4n) is 2.77. The molecule has 2 aromatic carbocycles. The summed E-state index contributed by atoms with van der Waals surface area (Å²) in [6.07, 6.45) is 3.57. The lowest BCUT2D eigenvalue weighted by molar-refractivity contribution is -0.111. The van der Waals surface area contributed by atoms with Gasteiger partial charge in [-0.05, 0) is 48.0 Å². The zero-order chi connectivity index (χ0) is 20.8. The molecular formula is C21H19FN4O3. The van der Waals surface area contributed by atoms with Crippen molar-refractivity contribution in [1.29, 1.82) is 0 Å². The van der Waals surface area contributed by atoms with Crippen LogP contribution in [0.1, 0.15) is 11.1 Å². The standard InChI is InChI=1S/C21H19FN4O3/c1-26-20(15-4-7-17(22)8-5-15)16(13-24-26)6-11-19(27)25-18-9-2-14(3-10-18)12-23-21(28)29/h2-11,13,23H,12H2,1H3,(H,25,27)(H,28,29)/b11-6+. The lowest BCUT2D eigenvalue weighted by atomic mass is 10.1. The molecule has 3 aromatic rings. The molecular weight excluding hydrogens is 375 g/mol. The molecule has 0 atom stereocenters. The minimum absolute atomic E-state index is 0.191. The van der Waals surface area contributed by atoms with Crippen molar-refractivity contribution in [3.05, 3.63) is 77.7 Å². The number of amides is 2. The lowest BCUT2D eigenvalue weighted by Gasteiger charge is -2.05. The second-order valence-electron chi connectivity index (χ2n) is 6.26. The average molecular weight is 394 g/mol. The van der Waals surface area contributed by atoms with Crippen LogP contribution in [0.2, 0.25) is 0 Å². The maximum atomic E-state index is 13.2. The number of nitrogens with zero attached hydrogens (tertiary/aromatic N) is 2. The molecule has 0 aliphatic heterocycles. The highest BCUT2D eigenvalue weighted by Crippen LogP contribution is 2.24. The molecule has 0 unspecified atom stereocenters. The first-order chi connectivity index (χ1) is 13.9. The molecule has 2 amide bonds. The summed E-state index contributed by atoms with van der Waals surface area (Å²) < 4.78 is 14.8. The number of nitrogens with one attached hydrogen (secondary N) is 2. The van der Waals surface area contributed by atoms with Gasteiger partial charge >= 0.3 is 6.09 Å². The van der Waals surface area contributed by atoms with Gasteiger partial charge in [0.1, 0.15) is 5.82 Å². The van der Waals surface area contributed by atoms with Crippen molar-refractivity contribution < 1.29 is 19.1 Å². The van der Waals surface area contributed by atoms with Crippen molar-refractivity contribution in [2.24, 2.45) is 7.05 Å². The zero-order valence-corrected chi connectivity index (χ0v) is 15.6. The summed E-state index contributed by atoms with van der Waals surface area (Å²) in [5.41, 5.74) is 3.65. The van der Waals surface area contributed by atoms with Gasteiger partial charge in [-0.25, -0.2) is 9.18 Å². The second kappa shape index (κ2) is 8.83. The number of carbonyl (C=O) groups is 2. The summed E-state index contributed by atoms with van der Waals surface area (Å²) in [7, 11) is 1.77. The van der Waals surface area contributed by atoms with Gasteiger partial charge in [-0.1, -0.05) is 12.1 Å². The Morgan fingerprint density at radius 2 is 1.83 bits per heavy atom. The Bertz CT molecular complexity index is 1040. The molecule has 8 heteroatoms. The Morgan fingerprint density at radius 3 is 2.48 bits per heavy atom. The first-order valence-electron chi connectivity index (χ1n) is 8.75. The number of carbonyl (C=O) groups excluding carboxylic acids is 1. The number of aromatic nitrogens is 2. The number of rotatable bonds is 6.